The monoisotopic (exact) mass is 241 g/mol. The Hall–Kier alpha value is -0.120. The fourth-order valence-corrected chi connectivity index (χ4v) is 4.46. The Labute approximate surface area is 105 Å². The molecule has 0 atom stereocenters. The van der Waals surface area contributed by atoms with Gasteiger partial charge in [0, 0.05) is 18.5 Å². The highest BCUT2D eigenvalue weighted by atomic mass is 16.3. The molecule has 0 amide bonds. The first-order valence-corrected chi connectivity index (χ1v) is 6.68. The number of hydrogen-bond acceptors (Lipinski definition) is 3. The summed E-state index contributed by atoms with van der Waals surface area (Å²) in [7, 11) is 0. The number of aliphatic hydroxyl groups excluding tert-OH is 1. The van der Waals surface area contributed by atoms with Gasteiger partial charge in [0.05, 0.1) is 12.2 Å². The van der Waals surface area contributed by atoms with E-state index < -0.39 is 5.60 Å². The molecule has 0 unspecified atom stereocenters. The lowest BCUT2D eigenvalue weighted by Gasteiger charge is -2.60. The van der Waals surface area contributed by atoms with Crippen LogP contribution in [0.25, 0.3) is 0 Å². The van der Waals surface area contributed by atoms with Crippen LogP contribution in [0.1, 0.15) is 47.0 Å². The third-order valence-corrected chi connectivity index (χ3v) is 4.72. The molecule has 1 aliphatic carbocycles. The zero-order valence-electron chi connectivity index (χ0n) is 11.6. The van der Waals surface area contributed by atoms with Gasteiger partial charge >= 0.3 is 0 Å². The van der Waals surface area contributed by atoms with Crippen LogP contribution in [0.2, 0.25) is 0 Å². The van der Waals surface area contributed by atoms with E-state index in [0.717, 1.165) is 32.4 Å². The largest absolute Gasteiger partial charge is 0.396 e. The molecule has 1 heterocycles. The molecule has 3 nitrogen and oxygen atoms in total. The minimum Gasteiger partial charge on any atom is -0.396 e. The van der Waals surface area contributed by atoms with Crippen molar-refractivity contribution < 1.29 is 10.2 Å². The van der Waals surface area contributed by atoms with Crippen LogP contribution in [0.3, 0.4) is 0 Å². The lowest BCUT2D eigenvalue weighted by molar-refractivity contribution is -0.195. The van der Waals surface area contributed by atoms with Gasteiger partial charge in [0.25, 0.3) is 0 Å². The SMILES string of the molecule is CC1(C)CC(C)(C)CC(O)(C2(CO)CNC2)C1. The second-order valence-corrected chi connectivity index (χ2v) is 7.93. The van der Waals surface area contributed by atoms with Crippen molar-refractivity contribution in [1.82, 2.24) is 5.32 Å². The Bertz CT molecular complexity index is 284. The average Bonchev–Trinajstić information content (AvgIpc) is 1.93. The van der Waals surface area contributed by atoms with Crippen molar-refractivity contribution in [3.8, 4) is 0 Å². The second-order valence-electron chi connectivity index (χ2n) is 7.93. The molecule has 1 saturated heterocycles. The summed E-state index contributed by atoms with van der Waals surface area (Å²) >= 11 is 0. The van der Waals surface area contributed by atoms with Crippen LogP contribution in [-0.4, -0.2) is 35.5 Å². The number of rotatable bonds is 2. The second kappa shape index (κ2) is 3.69. The molecule has 1 saturated carbocycles. The Morgan fingerprint density at radius 1 is 0.941 bits per heavy atom. The van der Waals surface area contributed by atoms with Crippen molar-refractivity contribution in [1.29, 1.82) is 0 Å². The molecule has 3 heteroatoms. The van der Waals surface area contributed by atoms with Crippen LogP contribution in [0.5, 0.6) is 0 Å². The summed E-state index contributed by atoms with van der Waals surface area (Å²) in [6.07, 6.45) is 2.73. The molecule has 0 spiro atoms. The fourth-order valence-electron chi connectivity index (χ4n) is 4.46. The zero-order valence-corrected chi connectivity index (χ0v) is 11.6. The molecule has 1 aliphatic heterocycles. The summed E-state index contributed by atoms with van der Waals surface area (Å²) in [5.41, 5.74) is -0.747. The highest BCUT2D eigenvalue weighted by molar-refractivity contribution is 5.12. The van der Waals surface area contributed by atoms with Gasteiger partial charge in [0.15, 0.2) is 0 Å². The highest BCUT2D eigenvalue weighted by Crippen LogP contribution is 2.56. The molecule has 0 radical (unpaired) electrons. The van der Waals surface area contributed by atoms with E-state index in [-0.39, 0.29) is 22.9 Å². The lowest BCUT2D eigenvalue weighted by atomic mass is 9.51. The van der Waals surface area contributed by atoms with E-state index in [0.29, 0.717) is 0 Å². The molecule has 2 aliphatic rings. The third kappa shape index (κ3) is 2.13. The number of nitrogens with one attached hydrogen (secondary N) is 1. The predicted molar refractivity (Wildman–Crippen MR) is 68.8 cm³/mol. The van der Waals surface area contributed by atoms with Gasteiger partial charge < -0.3 is 15.5 Å². The van der Waals surface area contributed by atoms with Gasteiger partial charge in [-0.3, -0.25) is 0 Å². The molecule has 0 aromatic carbocycles. The van der Waals surface area contributed by atoms with Crippen molar-refractivity contribution in [2.24, 2.45) is 16.2 Å². The first-order valence-electron chi connectivity index (χ1n) is 6.68. The van der Waals surface area contributed by atoms with Crippen LogP contribution in [0.4, 0.5) is 0 Å². The minimum atomic E-state index is -0.724. The average molecular weight is 241 g/mol. The zero-order chi connectivity index (χ0) is 12.9. The minimum absolute atomic E-state index is 0.0860. The van der Waals surface area contributed by atoms with Crippen LogP contribution in [0.15, 0.2) is 0 Å². The van der Waals surface area contributed by atoms with E-state index in [9.17, 15) is 10.2 Å². The molecule has 0 aromatic heterocycles. The van der Waals surface area contributed by atoms with Crippen molar-refractivity contribution >= 4 is 0 Å². The predicted octanol–water partition coefficient (Wildman–Crippen LogP) is 1.54. The van der Waals surface area contributed by atoms with Gasteiger partial charge in [-0.1, -0.05) is 27.7 Å². The Balaban J connectivity index is 2.30. The molecule has 2 rings (SSSR count). The van der Waals surface area contributed by atoms with Crippen molar-refractivity contribution in [3.63, 3.8) is 0 Å². The maximum Gasteiger partial charge on any atom is 0.0760 e. The summed E-state index contributed by atoms with van der Waals surface area (Å²) in [6.45, 7) is 10.5. The van der Waals surface area contributed by atoms with Crippen molar-refractivity contribution in [2.75, 3.05) is 19.7 Å². The maximum atomic E-state index is 11.1. The fraction of sp³-hybridized carbons (Fsp3) is 1.00. The first kappa shape index (κ1) is 13.3. The maximum absolute atomic E-state index is 11.1. The van der Waals surface area contributed by atoms with E-state index in [1.165, 1.54) is 0 Å². The topological polar surface area (TPSA) is 52.5 Å². The van der Waals surface area contributed by atoms with Gasteiger partial charge in [-0.2, -0.15) is 0 Å². The third-order valence-electron chi connectivity index (χ3n) is 4.72. The summed E-state index contributed by atoms with van der Waals surface area (Å²) in [4.78, 5) is 0. The van der Waals surface area contributed by atoms with Crippen molar-refractivity contribution in [3.05, 3.63) is 0 Å². The summed E-state index contributed by atoms with van der Waals surface area (Å²) < 4.78 is 0. The van der Waals surface area contributed by atoms with Crippen LogP contribution in [0, 0.1) is 16.2 Å². The number of hydrogen-bond donors (Lipinski definition) is 3. The molecule has 100 valence electrons. The van der Waals surface area contributed by atoms with Crippen molar-refractivity contribution in [2.45, 2.75) is 52.6 Å². The molecule has 0 aromatic rings. The normalized spacial score (nSPS) is 32.8. The molecule has 0 bridgehead atoms. The quantitative estimate of drug-likeness (QED) is 0.687. The van der Waals surface area contributed by atoms with E-state index in [4.69, 9.17) is 0 Å². The van der Waals surface area contributed by atoms with Crippen LogP contribution in [-0.2, 0) is 0 Å². The molecular weight excluding hydrogens is 214 g/mol. The summed E-state index contributed by atoms with van der Waals surface area (Å²) in [5, 5.41) is 24.0. The number of aliphatic hydroxyl groups is 2. The molecular formula is C14H27NO2. The summed E-state index contributed by atoms with van der Waals surface area (Å²) in [5.74, 6) is 0. The first-order chi connectivity index (χ1) is 7.64. The molecule has 17 heavy (non-hydrogen) atoms. The van der Waals surface area contributed by atoms with Crippen LogP contribution < -0.4 is 5.32 Å². The highest BCUT2D eigenvalue weighted by Gasteiger charge is 2.59. The standard InChI is InChI=1S/C14H27NO2/c1-11(2)5-12(3,4)7-14(17,6-11)13(10-16)8-15-9-13/h15-17H,5-10H2,1-4H3. The van der Waals surface area contributed by atoms with E-state index >= 15 is 0 Å². The van der Waals surface area contributed by atoms with Gasteiger partial charge in [0.2, 0.25) is 0 Å². The smallest absolute Gasteiger partial charge is 0.0760 e. The molecule has 3 N–H and O–H groups in total. The Morgan fingerprint density at radius 2 is 1.41 bits per heavy atom. The lowest BCUT2D eigenvalue weighted by Crippen LogP contribution is -2.70. The van der Waals surface area contributed by atoms with E-state index in [2.05, 4.69) is 33.0 Å². The molecule has 2 fully saturated rings. The Morgan fingerprint density at radius 3 is 1.71 bits per heavy atom. The van der Waals surface area contributed by atoms with E-state index in [1.807, 2.05) is 0 Å². The van der Waals surface area contributed by atoms with Crippen LogP contribution >= 0.6 is 0 Å². The van der Waals surface area contributed by atoms with Gasteiger partial charge in [-0.05, 0) is 30.1 Å². The van der Waals surface area contributed by atoms with E-state index in [1.54, 1.807) is 0 Å². The summed E-state index contributed by atoms with van der Waals surface area (Å²) in [6, 6.07) is 0. The van der Waals surface area contributed by atoms with Gasteiger partial charge in [-0.25, -0.2) is 0 Å². The van der Waals surface area contributed by atoms with Gasteiger partial charge in [-0.15, -0.1) is 0 Å². The Kier molecular flexibility index (Phi) is 2.89. The van der Waals surface area contributed by atoms with Gasteiger partial charge in [0.1, 0.15) is 0 Å².